The maximum absolute atomic E-state index is 12.9. The van der Waals surface area contributed by atoms with Crippen molar-refractivity contribution in [2.75, 3.05) is 0 Å². The molecule has 5 nitrogen and oxygen atoms in total. The summed E-state index contributed by atoms with van der Waals surface area (Å²) in [6.45, 7) is 7.18. The van der Waals surface area contributed by atoms with E-state index in [-0.39, 0.29) is 12.4 Å². The first-order chi connectivity index (χ1) is 14.8. The lowest BCUT2D eigenvalue weighted by Crippen LogP contribution is -2.04. The number of halogens is 1. The first-order valence-corrected chi connectivity index (χ1v) is 9.95. The van der Waals surface area contributed by atoms with Gasteiger partial charge in [0.15, 0.2) is 5.78 Å². The first kappa shape index (κ1) is 22.1. The highest BCUT2D eigenvalue weighted by Crippen LogP contribution is 2.28. The molecule has 0 saturated heterocycles. The van der Waals surface area contributed by atoms with Crippen LogP contribution in [0.15, 0.2) is 89.1 Å². The van der Waals surface area contributed by atoms with Crippen molar-refractivity contribution in [3.8, 4) is 0 Å². The molecule has 3 rings (SSSR count). The largest absolute Gasteiger partial charge is 0.457 e. The van der Waals surface area contributed by atoms with Crippen molar-refractivity contribution in [3.05, 3.63) is 106 Å². The predicted octanol–water partition coefficient (Wildman–Crippen LogP) is 6.91. The Hall–Kier alpha value is -3.57. The number of ether oxygens (including phenoxy) is 1. The minimum absolute atomic E-state index is 0.106. The Labute approximate surface area is 186 Å². The molecule has 0 atom stereocenters. The Morgan fingerprint density at radius 3 is 2.45 bits per heavy atom. The highest BCUT2D eigenvalue weighted by atomic mass is 35.5. The third-order valence-corrected chi connectivity index (χ3v) is 4.59. The molecule has 0 saturated carbocycles. The number of aryl methyl sites for hydroxylation is 1. The smallest absolute Gasteiger partial charge is 0.333 e. The summed E-state index contributed by atoms with van der Waals surface area (Å²) in [5.74, 6) is -0.636. The summed E-state index contributed by atoms with van der Waals surface area (Å²) in [6, 6.07) is 19.4. The lowest BCUT2D eigenvalue weighted by Gasteiger charge is -2.07. The molecule has 0 heterocycles. The van der Waals surface area contributed by atoms with E-state index in [1.165, 1.54) is 0 Å². The number of rotatable bonds is 7. The van der Waals surface area contributed by atoms with Crippen LogP contribution in [-0.2, 0) is 16.1 Å². The van der Waals surface area contributed by atoms with E-state index in [1.54, 1.807) is 55.5 Å². The average Bonchev–Trinajstić information content (AvgIpc) is 2.76. The molecule has 156 valence electrons. The van der Waals surface area contributed by atoms with Gasteiger partial charge in [-0.2, -0.15) is 5.11 Å². The monoisotopic (exact) mass is 432 g/mol. The van der Waals surface area contributed by atoms with E-state index < -0.39 is 5.97 Å². The lowest BCUT2D eigenvalue weighted by atomic mass is 10.0. The van der Waals surface area contributed by atoms with E-state index in [9.17, 15) is 9.59 Å². The molecule has 3 aromatic rings. The van der Waals surface area contributed by atoms with Gasteiger partial charge in [0.1, 0.15) is 6.61 Å². The molecule has 6 heteroatoms. The van der Waals surface area contributed by atoms with E-state index in [1.807, 2.05) is 25.1 Å². The van der Waals surface area contributed by atoms with Crippen molar-refractivity contribution in [2.24, 2.45) is 10.2 Å². The van der Waals surface area contributed by atoms with Gasteiger partial charge >= 0.3 is 5.97 Å². The lowest BCUT2D eigenvalue weighted by molar-refractivity contribution is -0.140. The van der Waals surface area contributed by atoms with Gasteiger partial charge in [0.2, 0.25) is 0 Å². The number of carbonyl (C=O) groups is 2. The normalized spacial score (nSPS) is 10.8. The van der Waals surface area contributed by atoms with Crippen molar-refractivity contribution in [1.82, 2.24) is 0 Å². The van der Waals surface area contributed by atoms with Crippen LogP contribution in [0.4, 0.5) is 11.4 Å². The number of nitrogens with zero attached hydrogens (tertiary/aromatic N) is 2. The summed E-state index contributed by atoms with van der Waals surface area (Å²) in [4.78, 5) is 24.6. The molecule has 0 fully saturated rings. The minimum atomic E-state index is -0.449. The number of carbonyl (C=O) groups excluding carboxylic acids is 2. The van der Waals surface area contributed by atoms with E-state index in [4.69, 9.17) is 16.3 Å². The van der Waals surface area contributed by atoms with Gasteiger partial charge in [-0.3, -0.25) is 4.79 Å². The Bertz CT molecular complexity index is 1170. The molecule has 0 aromatic heterocycles. The highest BCUT2D eigenvalue weighted by molar-refractivity contribution is 6.31. The summed E-state index contributed by atoms with van der Waals surface area (Å²) < 4.78 is 5.20. The standard InChI is InChI=1S/C25H21ClN2O3/c1-16(2)25(30)31-15-18-11-17(3)12-21(13-18)27-28-23-10-9-20(26)14-22(23)24(29)19-7-5-4-6-8-19/h4-14H,1,15H2,2-3H3. The number of benzene rings is 3. The average molecular weight is 433 g/mol. The Balaban J connectivity index is 1.87. The van der Waals surface area contributed by atoms with Crippen molar-refractivity contribution in [1.29, 1.82) is 0 Å². The Morgan fingerprint density at radius 1 is 1.00 bits per heavy atom. The summed E-state index contributed by atoms with van der Waals surface area (Å²) in [5, 5.41) is 9.03. The molecule has 0 unspecified atom stereocenters. The predicted molar refractivity (Wildman–Crippen MR) is 121 cm³/mol. The molecular formula is C25H21ClN2O3. The van der Waals surface area contributed by atoms with E-state index in [0.717, 1.165) is 11.1 Å². The van der Waals surface area contributed by atoms with Gasteiger partial charge in [-0.15, -0.1) is 5.11 Å². The zero-order chi connectivity index (χ0) is 22.4. The van der Waals surface area contributed by atoms with Gasteiger partial charge in [0.05, 0.1) is 16.9 Å². The molecule has 0 radical (unpaired) electrons. The third kappa shape index (κ3) is 5.96. The number of esters is 1. The van der Waals surface area contributed by atoms with Crippen LogP contribution in [0.3, 0.4) is 0 Å². The zero-order valence-corrected chi connectivity index (χ0v) is 18.0. The third-order valence-electron chi connectivity index (χ3n) is 4.35. The Morgan fingerprint density at radius 2 is 1.74 bits per heavy atom. The van der Waals surface area contributed by atoms with Gasteiger partial charge in [-0.1, -0.05) is 54.6 Å². The van der Waals surface area contributed by atoms with Gasteiger partial charge in [0.25, 0.3) is 0 Å². The van der Waals surface area contributed by atoms with Crippen molar-refractivity contribution < 1.29 is 14.3 Å². The van der Waals surface area contributed by atoms with Gasteiger partial charge in [-0.25, -0.2) is 4.79 Å². The Kier molecular flexibility index (Phi) is 7.11. The maximum Gasteiger partial charge on any atom is 0.333 e. The van der Waals surface area contributed by atoms with Crippen molar-refractivity contribution in [2.45, 2.75) is 20.5 Å². The van der Waals surface area contributed by atoms with Crippen molar-refractivity contribution >= 4 is 34.7 Å². The minimum Gasteiger partial charge on any atom is -0.457 e. The van der Waals surface area contributed by atoms with Crippen LogP contribution in [0, 0.1) is 6.92 Å². The van der Waals surface area contributed by atoms with Gasteiger partial charge in [-0.05, 0) is 55.3 Å². The van der Waals surface area contributed by atoms with Gasteiger partial charge < -0.3 is 4.74 Å². The van der Waals surface area contributed by atoms with E-state index in [0.29, 0.717) is 33.1 Å². The second-order valence-electron chi connectivity index (χ2n) is 7.09. The molecule has 0 N–H and O–H groups in total. The van der Waals surface area contributed by atoms with Crippen LogP contribution in [0.2, 0.25) is 5.02 Å². The van der Waals surface area contributed by atoms with Crippen LogP contribution < -0.4 is 0 Å². The van der Waals surface area contributed by atoms with Crippen LogP contribution in [0.5, 0.6) is 0 Å². The first-order valence-electron chi connectivity index (χ1n) is 9.58. The molecule has 0 amide bonds. The van der Waals surface area contributed by atoms with Crippen LogP contribution in [0.1, 0.15) is 34.0 Å². The summed E-state index contributed by atoms with van der Waals surface area (Å²) in [6.07, 6.45) is 0. The quantitative estimate of drug-likeness (QED) is 0.176. The van der Waals surface area contributed by atoms with Crippen molar-refractivity contribution in [3.63, 3.8) is 0 Å². The molecule has 0 aliphatic heterocycles. The summed E-state index contributed by atoms with van der Waals surface area (Å²) in [7, 11) is 0. The molecule has 0 aliphatic rings. The van der Waals surface area contributed by atoms with Crippen LogP contribution >= 0.6 is 11.6 Å². The molecule has 3 aromatic carbocycles. The zero-order valence-electron chi connectivity index (χ0n) is 17.3. The molecule has 31 heavy (non-hydrogen) atoms. The number of hydrogen-bond donors (Lipinski definition) is 0. The molecule has 0 spiro atoms. The number of azo groups is 1. The maximum atomic E-state index is 12.9. The fourth-order valence-electron chi connectivity index (χ4n) is 2.89. The molecule has 0 bridgehead atoms. The van der Waals surface area contributed by atoms with E-state index >= 15 is 0 Å². The molecular weight excluding hydrogens is 412 g/mol. The summed E-state index contributed by atoms with van der Waals surface area (Å²) >= 11 is 6.12. The fourth-order valence-corrected chi connectivity index (χ4v) is 3.06. The second-order valence-corrected chi connectivity index (χ2v) is 7.53. The van der Waals surface area contributed by atoms with E-state index in [2.05, 4.69) is 16.8 Å². The van der Waals surface area contributed by atoms with Crippen LogP contribution in [0.25, 0.3) is 0 Å². The van der Waals surface area contributed by atoms with Gasteiger partial charge in [0, 0.05) is 16.2 Å². The SMILES string of the molecule is C=C(C)C(=O)OCc1cc(C)cc(N=Nc2ccc(Cl)cc2C(=O)c2ccccc2)c1. The fraction of sp³-hybridized carbons (Fsp3) is 0.120. The topological polar surface area (TPSA) is 68.1 Å². The van der Waals surface area contributed by atoms with Crippen LogP contribution in [-0.4, -0.2) is 11.8 Å². The number of hydrogen-bond acceptors (Lipinski definition) is 5. The molecule has 0 aliphatic carbocycles. The number of ketones is 1. The second kappa shape index (κ2) is 9.96. The summed E-state index contributed by atoms with van der Waals surface area (Å²) in [5.41, 5.74) is 3.95. The highest BCUT2D eigenvalue weighted by Gasteiger charge is 2.14.